The van der Waals surface area contributed by atoms with Crippen LogP contribution >= 0.6 is 0 Å². The molecular weight excluding hydrogens is 114 g/mol. The van der Waals surface area contributed by atoms with Crippen LogP contribution in [0.1, 0.15) is 33.1 Å². The van der Waals surface area contributed by atoms with Crippen molar-refractivity contribution in [3.8, 4) is 0 Å². The lowest BCUT2D eigenvalue weighted by atomic mass is 10.1. The Morgan fingerprint density at radius 1 is 1.67 bits per heavy atom. The first-order valence-corrected chi connectivity index (χ1v) is 3.48. The van der Waals surface area contributed by atoms with E-state index in [9.17, 15) is 0 Å². The Kier molecular flexibility index (Phi) is 5.27. The van der Waals surface area contributed by atoms with Crippen LogP contribution in [0.5, 0.6) is 0 Å². The monoisotopic (exact) mass is 129 g/mol. The summed E-state index contributed by atoms with van der Waals surface area (Å²) in [5.74, 6) is 0.426. The molecule has 54 valence electrons. The first-order chi connectivity index (χ1) is 4.31. The van der Waals surface area contributed by atoms with Crippen LogP contribution in [0.4, 0.5) is 0 Å². The van der Waals surface area contributed by atoms with E-state index in [0.29, 0.717) is 5.92 Å². The molecule has 0 rings (SSSR count). The fourth-order valence-corrected chi connectivity index (χ4v) is 0.714. The molecule has 0 aromatic heterocycles. The van der Waals surface area contributed by atoms with Gasteiger partial charge in [0.2, 0.25) is 0 Å². The van der Waals surface area contributed by atoms with E-state index in [-0.39, 0.29) is 0 Å². The van der Waals surface area contributed by atoms with Gasteiger partial charge >= 0.3 is 0 Å². The average molecular weight is 129 g/mol. The minimum absolute atomic E-state index is 0.426. The van der Waals surface area contributed by atoms with Crippen molar-refractivity contribution in [3.63, 3.8) is 0 Å². The van der Waals surface area contributed by atoms with Crippen LogP contribution < -0.4 is 0 Å². The number of rotatable bonds is 4. The lowest BCUT2D eigenvalue weighted by Crippen LogP contribution is -1.94. The molecule has 2 nitrogen and oxygen atoms in total. The van der Waals surface area contributed by atoms with Gasteiger partial charge in [0.1, 0.15) is 0 Å². The quantitative estimate of drug-likeness (QED) is 0.352. The van der Waals surface area contributed by atoms with E-state index in [1.54, 1.807) is 6.21 Å². The van der Waals surface area contributed by atoms with Crippen LogP contribution in [0, 0.1) is 5.92 Å². The van der Waals surface area contributed by atoms with Gasteiger partial charge in [0, 0.05) is 6.21 Å². The zero-order chi connectivity index (χ0) is 7.11. The molecule has 0 aliphatic heterocycles. The Balaban J connectivity index is 3.15. The highest BCUT2D eigenvalue weighted by molar-refractivity contribution is 5.58. The van der Waals surface area contributed by atoms with Crippen LogP contribution in [0.3, 0.4) is 0 Å². The van der Waals surface area contributed by atoms with Crippen molar-refractivity contribution in [2.75, 3.05) is 0 Å². The van der Waals surface area contributed by atoms with Crippen molar-refractivity contribution >= 4 is 6.21 Å². The molecule has 0 aliphatic carbocycles. The average Bonchev–Trinajstić information content (AvgIpc) is 1.85. The van der Waals surface area contributed by atoms with Crippen molar-refractivity contribution in [1.82, 2.24) is 0 Å². The summed E-state index contributed by atoms with van der Waals surface area (Å²) in [5.41, 5.74) is 0. The molecule has 9 heavy (non-hydrogen) atoms. The molecule has 0 saturated carbocycles. The lowest BCUT2D eigenvalue weighted by Gasteiger charge is -2.00. The first kappa shape index (κ1) is 8.47. The Bertz CT molecular complexity index is 81.0. The zero-order valence-electron chi connectivity index (χ0n) is 6.17. The van der Waals surface area contributed by atoms with E-state index >= 15 is 0 Å². The minimum Gasteiger partial charge on any atom is -0.411 e. The normalized spacial score (nSPS) is 14.4. The van der Waals surface area contributed by atoms with Gasteiger partial charge in [-0.05, 0) is 12.3 Å². The highest BCUT2D eigenvalue weighted by Crippen LogP contribution is 2.03. The number of hydrogen-bond donors (Lipinski definition) is 1. The zero-order valence-corrected chi connectivity index (χ0v) is 6.17. The maximum Gasteiger partial charge on any atom is 0.0464 e. The van der Waals surface area contributed by atoms with E-state index in [1.165, 1.54) is 12.8 Å². The SMILES string of the molecule is CCCCC(C)C=NO. The molecule has 0 heterocycles. The predicted molar refractivity (Wildman–Crippen MR) is 39.0 cm³/mol. The van der Waals surface area contributed by atoms with Crippen molar-refractivity contribution in [3.05, 3.63) is 0 Å². The largest absolute Gasteiger partial charge is 0.411 e. The third kappa shape index (κ3) is 5.34. The summed E-state index contributed by atoms with van der Waals surface area (Å²) < 4.78 is 0. The van der Waals surface area contributed by atoms with Crippen molar-refractivity contribution in [1.29, 1.82) is 0 Å². The third-order valence-electron chi connectivity index (χ3n) is 1.33. The number of hydrogen-bond acceptors (Lipinski definition) is 2. The second-order valence-corrected chi connectivity index (χ2v) is 2.38. The van der Waals surface area contributed by atoms with Gasteiger partial charge in [0.15, 0.2) is 0 Å². The molecule has 0 saturated heterocycles. The van der Waals surface area contributed by atoms with Crippen molar-refractivity contribution in [2.45, 2.75) is 33.1 Å². The highest BCUT2D eigenvalue weighted by atomic mass is 16.4. The van der Waals surface area contributed by atoms with E-state index in [1.807, 2.05) is 0 Å². The van der Waals surface area contributed by atoms with Crippen molar-refractivity contribution < 1.29 is 5.21 Å². The molecule has 0 aromatic rings. The predicted octanol–water partition coefficient (Wildman–Crippen LogP) is 2.27. The molecule has 0 aliphatic rings. The second kappa shape index (κ2) is 5.60. The molecule has 0 aromatic carbocycles. The minimum atomic E-state index is 0.426. The van der Waals surface area contributed by atoms with Crippen LogP contribution in [-0.4, -0.2) is 11.4 Å². The molecule has 0 bridgehead atoms. The summed E-state index contributed by atoms with van der Waals surface area (Å²) in [6, 6.07) is 0. The Hall–Kier alpha value is -0.530. The molecule has 1 atom stereocenters. The van der Waals surface area contributed by atoms with E-state index in [0.717, 1.165) is 6.42 Å². The maximum absolute atomic E-state index is 8.11. The molecule has 1 N–H and O–H groups in total. The Morgan fingerprint density at radius 2 is 2.33 bits per heavy atom. The van der Waals surface area contributed by atoms with E-state index in [2.05, 4.69) is 19.0 Å². The van der Waals surface area contributed by atoms with Gasteiger partial charge in [-0.1, -0.05) is 26.7 Å². The van der Waals surface area contributed by atoms with Gasteiger partial charge < -0.3 is 5.21 Å². The summed E-state index contributed by atoms with van der Waals surface area (Å²) in [5, 5.41) is 11.1. The smallest absolute Gasteiger partial charge is 0.0464 e. The Morgan fingerprint density at radius 3 is 2.78 bits per heavy atom. The van der Waals surface area contributed by atoms with Gasteiger partial charge in [-0.25, -0.2) is 0 Å². The molecule has 0 spiro atoms. The van der Waals surface area contributed by atoms with Gasteiger partial charge in [-0.2, -0.15) is 0 Å². The summed E-state index contributed by atoms with van der Waals surface area (Å²) in [7, 11) is 0. The van der Waals surface area contributed by atoms with Gasteiger partial charge in [-0.15, -0.1) is 5.16 Å². The molecule has 0 amide bonds. The maximum atomic E-state index is 8.11. The van der Waals surface area contributed by atoms with E-state index in [4.69, 9.17) is 5.21 Å². The topological polar surface area (TPSA) is 32.6 Å². The molecule has 2 heteroatoms. The number of nitrogens with zero attached hydrogens (tertiary/aromatic N) is 1. The summed E-state index contributed by atoms with van der Waals surface area (Å²) in [4.78, 5) is 0. The van der Waals surface area contributed by atoms with E-state index < -0.39 is 0 Å². The Labute approximate surface area is 56.6 Å². The number of unbranched alkanes of at least 4 members (excludes halogenated alkanes) is 1. The third-order valence-corrected chi connectivity index (χ3v) is 1.33. The van der Waals surface area contributed by atoms with Crippen LogP contribution in [0.15, 0.2) is 5.16 Å². The standard InChI is InChI=1S/C7H15NO/c1-3-4-5-7(2)6-8-9/h6-7,9H,3-5H2,1-2H3. The fraction of sp³-hybridized carbons (Fsp3) is 0.857. The molecule has 0 radical (unpaired) electrons. The fourth-order valence-electron chi connectivity index (χ4n) is 0.714. The summed E-state index contributed by atoms with van der Waals surface area (Å²) >= 11 is 0. The second-order valence-electron chi connectivity index (χ2n) is 2.38. The van der Waals surface area contributed by atoms with Crippen LogP contribution in [0.2, 0.25) is 0 Å². The first-order valence-electron chi connectivity index (χ1n) is 3.48. The van der Waals surface area contributed by atoms with Crippen LogP contribution in [0.25, 0.3) is 0 Å². The molecule has 1 unspecified atom stereocenters. The van der Waals surface area contributed by atoms with Crippen molar-refractivity contribution in [2.24, 2.45) is 11.1 Å². The summed E-state index contributed by atoms with van der Waals surface area (Å²) in [6.45, 7) is 4.21. The molecule has 0 fully saturated rings. The number of oxime groups is 1. The highest BCUT2D eigenvalue weighted by Gasteiger charge is 1.94. The lowest BCUT2D eigenvalue weighted by molar-refractivity contribution is 0.318. The van der Waals surface area contributed by atoms with Gasteiger partial charge in [0.25, 0.3) is 0 Å². The van der Waals surface area contributed by atoms with Crippen LogP contribution in [-0.2, 0) is 0 Å². The summed E-state index contributed by atoms with van der Waals surface area (Å²) in [6.07, 6.45) is 5.13. The molecular formula is C7H15NO. The van der Waals surface area contributed by atoms with Gasteiger partial charge in [0.05, 0.1) is 0 Å². The van der Waals surface area contributed by atoms with Gasteiger partial charge in [-0.3, -0.25) is 0 Å².